The Bertz CT molecular complexity index is 1160. The standard InChI is InChI=1S/C26H22N2O4/c1-31-25(29)24-16-18(13-15-27-24)8-6-7-14-28-26(30)32-17-23-21-11-4-2-9-19(21)20-10-3-5-12-22(20)23/h2-5,9-13,15-16,23H,7,14,17H2,1H3,(H,28,30). The molecular formula is C26H22N2O4. The Balaban J connectivity index is 1.27. The van der Waals surface area contributed by atoms with E-state index in [1.807, 2.05) is 24.3 Å². The third-order valence-corrected chi connectivity index (χ3v) is 5.25. The van der Waals surface area contributed by atoms with Crippen LogP contribution in [0.4, 0.5) is 4.79 Å². The van der Waals surface area contributed by atoms with Crippen LogP contribution in [0.3, 0.4) is 0 Å². The van der Waals surface area contributed by atoms with Crippen LogP contribution in [0.2, 0.25) is 0 Å². The summed E-state index contributed by atoms with van der Waals surface area (Å²) in [5, 5.41) is 2.73. The molecule has 160 valence electrons. The van der Waals surface area contributed by atoms with Crippen LogP contribution in [0.25, 0.3) is 11.1 Å². The third-order valence-electron chi connectivity index (χ3n) is 5.25. The Morgan fingerprint density at radius 2 is 1.72 bits per heavy atom. The van der Waals surface area contributed by atoms with E-state index in [2.05, 4.69) is 51.1 Å². The summed E-state index contributed by atoms with van der Waals surface area (Å²) in [7, 11) is 1.30. The van der Waals surface area contributed by atoms with Crippen LogP contribution in [0.1, 0.15) is 39.5 Å². The summed E-state index contributed by atoms with van der Waals surface area (Å²) >= 11 is 0. The quantitative estimate of drug-likeness (QED) is 0.377. The lowest BCUT2D eigenvalue weighted by Gasteiger charge is -2.14. The van der Waals surface area contributed by atoms with Crippen molar-refractivity contribution in [3.8, 4) is 23.0 Å². The second-order valence-corrected chi connectivity index (χ2v) is 7.23. The smallest absolute Gasteiger partial charge is 0.407 e. The number of hydrogen-bond acceptors (Lipinski definition) is 5. The molecule has 6 heteroatoms. The number of esters is 1. The van der Waals surface area contributed by atoms with Gasteiger partial charge in [-0.2, -0.15) is 0 Å². The molecule has 6 nitrogen and oxygen atoms in total. The first-order valence-electron chi connectivity index (χ1n) is 10.3. The Kier molecular flexibility index (Phi) is 6.47. The van der Waals surface area contributed by atoms with Crippen molar-refractivity contribution < 1.29 is 19.1 Å². The maximum atomic E-state index is 12.2. The van der Waals surface area contributed by atoms with Gasteiger partial charge in [-0.1, -0.05) is 60.4 Å². The minimum Gasteiger partial charge on any atom is -0.464 e. The number of carbonyl (C=O) groups is 2. The molecule has 0 spiro atoms. The highest BCUT2D eigenvalue weighted by molar-refractivity contribution is 5.87. The number of ether oxygens (including phenoxy) is 2. The molecule has 0 radical (unpaired) electrons. The molecule has 0 unspecified atom stereocenters. The number of benzene rings is 2. The van der Waals surface area contributed by atoms with Crippen molar-refractivity contribution in [3.05, 3.63) is 89.2 Å². The molecule has 2 aromatic carbocycles. The summed E-state index contributed by atoms with van der Waals surface area (Å²) in [4.78, 5) is 27.6. The fourth-order valence-corrected chi connectivity index (χ4v) is 3.77. The average molecular weight is 426 g/mol. The predicted octanol–water partition coefficient (Wildman–Crippen LogP) is 4.15. The van der Waals surface area contributed by atoms with Gasteiger partial charge >= 0.3 is 12.1 Å². The van der Waals surface area contributed by atoms with Crippen molar-refractivity contribution in [2.75, 3.05) is 20.3 Å². The predicted molar refractivity (Wildman–Crippen MR) is 120 cm³/mol. The Morgan fingerprint density at radius 1 is 1.03 bits per heavy atom. The molecule has 4 rings (SSSR count). The molecule has 0 aliphatic heterocycles. The minimum absolute atomic E-state index is 0.0311. The molecule has 1 aromatic heterocycles. The van der Waals surface area contributed by atoms with E-state index >= 15 is 0 Å². The van der Waals surface area contributed by atoms with Crippen molar-refractivity contribution in [2.45, 2.75) is 12.3 Å². The van der Waals surface area contributed by atoms with Crippen LogP contribution in [-0.4, -0.2) is 37.3 Å². The molecule has 0 atom stereocenters. The zero-order valence-electron chi connectivity index (χ0n) is 17.6. The number of pyridine rings is 1. The van der Waals surface area contributed by atoms with Crippen LogP contribution in [0.5, 0.6) is 0 Å². The lowest BCUT2D eigenvalue weighted by Crippen LogP contribution is -2.26. The molecule has 1 aliphatic rings. The van der Waals surface area contributed by atoms with Gasteiger partial charge in [0.25, 0.3) is 0 Å². The molecule has 1 aliphatic carbocycles. The van der Waals surface area contributed by atoms with Crippen molar-refractivity contribution in [3.63, 3.8) is 0 Å². The highest BCUT2D eigenvalue weighted by Gasteiger charge is 2.28. The number of fused-ring (bicyclic) bond motifs is 3. The lowest BCUT2D eigenvalue weighted by atomic mass is 9.98. The fraction of sp³-hybridized carbons (Fsp3) is 0.192. The zero-order chi connectivity index (χ0) is 22.3. The molecule has 0 saturated heterocycles. The van der Waals surface area contributed by atoms with Gasteiger partial charge in [0.05, 0.1) is 7.11 Å². The molecule has 32 heavy (non-hydrogen) atoms. The molecular weight excluding hydrogens is 404 g/mol. The van der Waals surface area contributed by atoms with Gasteiger partial charge in [0.15, 0.2) is 0 Å². The van der Waals surface area contributed by atoms with E-state index < -0.39 is 12.1 Å². The van der Waals surface area contributed by atoms with E-state index in [9.17, 15) is 9.59 Å². The van der Waals surface area contributed by atoms with Gasteiger partial charge in [0, 0.05) is 30.6 Å². The second kappa shape index (κ2) is 9.80. The summed E-state index contributed by atoms with van der Waals surface area (Å²) in [6, 6.07) is 19.7. The van der Waals surface area contributed by atoms with Crippen LogP contribution in [0.15, 0.2) is 66.9 Å². The molecule has 0 fully saturated rings. The van der Waals surface area contributed by atoms with Gasteiger partial charge < -0.3 is 14.8 Å². The maximum Gasteiger partial charge on any atom is 0.407 e. The maximum absolute atomic E-state index is 12.2. The Morgan fingerprint density at radius 3 is 2.41 bits per heavy atom. The van der Waals surface area contributed by atoms with Crippen LogP contribution < -0.4 is 5.32 Å². The number of rotatable bonds is 5. The number of hydrogen-bond donors (Lipinski definition) is 1. The number of methoxy groups -OCH3 is 1. The lowest BCUT2D eigenvalue weighted by molar-refractivity contribution is 0.0594. The van der Waals surface area contributed by atoms with Crippen LogP contribution in [0, 0.1) is 11.8 Å². The van der Waals surface area contributed by atoms with Gasteiger partial charge in [0.1, 0.15) is 12.3 Å². The zero-order valence-corrected chi connectivity index (χ0v) is 17.6. The highest BCUT2D eigenvalue weighted by Crippen LogP contribution is 2.44. The highest BCUT2D eigenvalue weighted by atomic mass is 16.5. The van der Waals surface area contributed by atoms with E-state index in [-0.39, 0.29) is 18.2 Å². The van der Waals surface area contributed by atoms with Gasteiger partial charge in [-0.3, -0.25) is 0 Å². The molecule has 1 N–H and O–H groups in total. The first-order valence-corrected chi connectivity index (χ1v) is 10.3. The number of carbonyl (C=O) groups excluding carboxylic acids is 2. The molecule has 3 aromatic rings. The minimum atomic E-state index is -0.509. The summed E-state index contributed by atoms with van der Waals surface area (Å²) in [6.45, 7) is 0.636. The molecule has 0 saturated carbocycles. The SMILES string of the molecule is COC(=O)c1cc(C#CCCNC(=O)OCC2c3ccccc3-c3ccccc32)ccn1. The van der Waals surface area contributed by atoms with Crippen molar-refractivity contribution in [2.24, 2.45) is 0 Å². The van der Waals surface area contributed by atoms with Crippen molar-refractivity contribution >= 4 is 12.1 Å². The van der Waals surface area contributed by atoms with E-state index in [0.717, 1.165) is 0 Å². The Labute approximate surface area is 186 Å². The Hall–Kier alpha value is -4.11. The second-order valence-electron chi connectivity index (χ2n) is 7.23. The van der Waals surface area contributed by atoms with E-state index in [4.69, 9.17) is 4.74 Å². The number of nitrogens with one attached hydrogen (secondary N) is 1. The van der Waals surface area contributed by atoms with Crippen molar-refractivity contribution in [1.82, 2.24) is 10.3 Å². The average Bonchev–Trinajstić information content (AvgIpc) is 3.16. The van der Waals surface area contributed by atoms with Gasteiger partial charge in [-0.15, -0.1) is 0 Å². The number of amides is 1. The monoisotopic (exact) mass is 426 g/mol. The molecule has 0 bridgehead atoms. The van der Waals surface area contributed by atoms with Gasteiger partial charge in [0.2, 0.25) is 0 Å². The topological polar surface area (TPSA) is 77.5 Å². The summed E-state index contributed by atoms with van der Waals surface area (Å²) < 4.78 is 10.1. The van der Waals surface area contributed by atoms with E-state index in [1.54, 1.807) is 12.1 Å². The largest absolute Gasteiger partial charge is 0.464 e. The van der Waals surface area contributed by atoms with E-state index in [0.29, 0.717) is 18.5 Å². The van der Waals surface area contributed by atoms with Crippen molar-refractivity contribution in [1.29, 1.82) is 0 Å². The van der Waals surface area contributed by atoms with Crippen LogP contribution >= 0.6 is 0 Å². The molecule has 1 heterocycles. The first kappa shape index (κ1) is 21.1. The van der Waals surface area contributed by atoms with Gasteiger partial charge in [-0.25, -0.2) is 14.6 Å². The van der Waals surface area contributed by atoms with Crippen LogP contribution in [-0.2, 0) is 9.47 Å². The number of nitrogens with zero attached hydrogens (tertiary/aromatic N) is 1. The number of aromatic nitrogens is 1. The summed E-state index contributed by atoms with van der Waals surface area (Å²) in [6.07, 6.45) is 1.48. The normalized spacial score (nSPS) is 11.5. The third kappa shape index (κ3) is 4.62. The summed E-state index contributed by atoms with van der Waals surface area (Å²) in [5.74, 6) is 5.43. The molecule has 1 amide bonds. The fourth-order valence-electron chi connectivity index (χ4n) is 3.77. The summed E-state index contributed by atoms with van der Waals surface area (Å²) in [5.41, 5.74) is 5.60. The van der Waals surface area contributed by atoms with Gasteiger partial charge in [-0.05, 0) is 34.4 Å². The first-order chi connectivity index (χ1) is 15.7. The number of alkyl carbamates (subject to hydrolysis) is 1. The van der Waals surface area contributed by atoms with E-state index in [1.165, 1.54) is 35.6 Å².